The molecule has 39 heavy (non-hydrogen) atoms. The summed E-state index contributed by atoms with van der Waals surface area (Å²) in [5.41, 5.74) is 4.90. The number of halogens is 4. The number of rotatable bonds is 10. The predicted molar refractivity (Wildman–Crippen MR) is 171 cm³/mol. The normalized spacial score (nSPS) is 14.1. The van der Waals surface area contributed by atoms with Crippen molar-refractivity contribution < 1.29 is 4.74 Å². The van der Waals surface area contributed by atoms with E-state index in [2.05, 4.69) is 64.9 Å². The minimum Gasteiger partial charge on any atom is -0.486 e. The second-order valence-electron chi connectivity index (χ2n) is 10.1. The van der Waals surface area contributed by atoms with Crippen molar-refractivity contribution in [2.24, 2.45) is 5.92 Å². The summed E-state index contributed by atoms with van der Waals surface area (Å²) in [6.07, 6.45) is 6.25. The number of aryl methyl sites for hydroxylation is 2. The fourth-order valence-corrected chi connectivity index (χ4v) is 5.52. The molecule has 0 saturated carbocycles. The summed E-state index contributed by atoms with van der Waals surface area (Å²) < 4.78 is 8.51. The molecular formula is C31H39Cl4N3O. The van der Waals surface area contributed by atoms with E-state index in [0.29, 0.717) is 17.5 Å². The third-order valence-corrected chi connectivity index (χ3v) is 7.59. The topological polar surface area (TPSA) is 30.3 Å². The number of hydrogen-bond donors (Lipinski definition) is 0. The van der Waals surface area contributed by atoms with Crippen molar-refractivity contribution in [3.63, 3.8) is 0 Å². The Hall–Kier alpha value is -1.95. The van der Waals surface area contributed by atoms with Crippen molar-refractivity contribution in [2.75, 3.05) is 19.6 Å². The molecule has 212 valence electrons. The first-order valence-electron chi connectivity index (χ1n) is 13.2. The number of para-hydroxylation sites is 1. The van der Waals surface area contributed by atoms with Gasteiger partial charge < -0.3 is 14.2 Å². The van der Waals surface area contributed by atoms with Gasteiger partial charge in [-0.25, -0.2) is 4.98 Å². The Morgan fingerprint density at radius 2 is 1.59 bits per heavy atom. The maximum atomic E-state index is 6.13. The summed E-state index contributed by atoms with van der Waals surface area (Å²) in [6.45, 7) is 7.14. The maximum Gasteiger partial charge on any atom is 0.148 e. The molecule has 1 saturated heterocycles. The summed E-state index contributed by atoms with van der Waals surface area (Å²) in [5.74, 6) is 2.38. The molecule has 4 aromatic rings. The van der Waals surface area contributed by atoms with Crippen molar-refractivity contribution in [2.45, 2.75) is 52.2 Å². The van der Waals surface area contributed by atoms with Gasteiger partial charge in [0.15, 0.2) is 0 Å². The van der Waals surface area contributed by atoms with Crippen LogP contribution in [-0.4, -0.2) is 34.1 Å². The lowest BCUT2D eigenvalue weighted by Crippen LogP contribution is -2.35. The van der Waals surface area contributed by atoms with E-state index in [1.807, 2.05) is 24.3 Å². The molecular weight excluding hydrogens is 572 g/mol. The largest absolute Gasteiger partial charge is 0.486 e. The molecule has 8 heteroatoms. The SMILES string of the molecule is Cc1cccc2c1nc(COc1ccc(Cl)cc1)n2CCC(Cc1ccccc1)CN1CCCCC1.Cl.Cl.Cl. The van der Waals surface area contributed by atoms with Crippen LogP contribution in [0, 0.1) is 12.8 Å². The lowest BCUT2D eigenvalue weighted by Gasteiger charge is -2.31. The number of imidazole rings is 1. The number of likely N-dealkylation sites (tertiary alicyclic amines) is 1. The van der Waals surface area contributed by atoms with Crippen LogP contribution in [-0.2, 0) is 19.6 Å². The van der Waals surface area contributed by atoms with E-state index < -0.39 is 0 Å². The molecule has 0 bridgehead atoms. The Labute approximate surface area is 256 Å². The molecule has 3 aromatic carbocycles. The number of fused-ring (bicyclic) bond motifs is 1. The van der Waals surface area contributed by atoms with E-state index in [1.54, 1.807) is 0 Å². The zero-order valence-electron chi connectivity index (χ0n) is 22.4. The van der Waals surface area contributed by atoms with Crippen LogP contribution in [0.1, 0.15) is 42.6 Å². The van der Waals surface area contributed by atoms with Crippen LogP contribution in [0.15, 0.2) is 72.8 Å². The van der Waals surface area contributed by atoms with Gasteiger partial charge in [0.2, 0.25) is 0 Å². The fraction of sp³-hybridized carbons (Fsp3) is 0.387. The third kappa shape index (κ3) is 9.03. The van der Waals surface area contributed by atoms with Gasteiger partial charge in [-0.1, -0.05) is 60.5 Å². The van der Waals surface area contributed by atoms with E-state index in [1.165, 1.54) is 49.0 Å². The average molecular weight is 611 g/mol. The Morgan fingerprint density at radius 1 is 0.872 bits per heavy atom. The molecule has 1 unspecified atom stereocenters. The second kappa shape index (κ2) is 16.3. The third-order valence-electron chi connectivity index (χ3n) is 7.33. The molecule has 5 rings (SSSR count). The minimum absolute atomic E-state index is 0. The summed E-state index contributed by atoms with van der Waals surface area (Å²) in [7, 11) is 0. The number of aromatic nitrogens is 2. The smallest absolute Gasteiger partial charge is 0.148 e. The zero-order valence-corrected chi connectivity index (χ0v) is 25.6. The molecule has 2 heterocycles. The summed E-state index contributed by atoms with van der Waals surface area (Å²) in [6, 6.07) is 25.0. The monoisotopic (exact) mass is 609 g/mol. The minimum atomic E-state index is 0. The quantitative estimate of drug-likeness (QED) is 0.180. The highest BCUT2D eigenvalue weighted by Crippen LogP contribution is 2.25. The molecule has 0 amide bonds. The van der Waals surface area contributed by atoms with Gasteiger partial charge in [-0.2, -0.15) is 0 Å². The van der Waals surface area contributed by atoms with Gasteiger partial charge in [0.25, 0.3) is 0 Å². The number of piperidine rings is 1. The van der Waals surface area contributed by atoms with E-state index in [-0.39, 0.29) is 37.2 Å². The molecule has 1 atom stereocenters. The van der Waals surface area contributed by atoms with Gasteiger partial charge >= 0.3 is 0 Å². The van der Waals surface area contributed by atoms with Crippen LogP contribution < -0.4 is 4.74 Å². The predicted octanol–water partition coefficient (Wildman–Crippen LogP) is 8.58. The van der Waals surface area contributed by atoms with Crippen LogP contribution >= 0.6 is 48.8 Å². The average Bonchev–Trinajstić information content (AvgIpc) is 3.27. The Morgan fingerprint density at radius 3 is 2.31 bits per heavy atom. The maximum absolute atomic E-state index is 6.13. The summed E-state index contributed by atoms with van der Waals surface area (Å²) in [4.78, 5) is 7.70. The number of hydrogen-bond acceptors (Lipinski definition) is 3. The highest BCUT2D eigenvalue weighted by Gasteiger charge is 2.19. The van der Waals surface area contributed by atoms with Gasteiger partial charge in [0.05, 0.1) is 11.0 Å². The first-order chi connectivity index (χ1) is 17.7. The van der Waals surface area contributed by atoms with Crippen LogP contribution in [0.4, 0.5) is 0 Å². The van der Waals surface area contributed by atoms with Gasteiger partial charge in [-0.05, 0) is 93.1 Å². The molecule has 1 fully saturated rings. The Bertz CT molecular complexity index is 1260. The van der Waals surface area contributed by atoms with E-state index in [4.69, 9.17) is 21.3 Å². The number of nitrogens with zero attached hydrogens (tertiary/aromatic N) is 3. The van der Waals surface area contributed by atoms with Crippen molar-refractivity contribution in [1.82, 2.24) is 14.5 Å². The highest BCUT2D eigenvalue weighted by atomic mass is 35.5. The Kier molecular flexibility index (Phi) is 13.9. The molecule has 0 radical (unpaired) electrons. The molecule has 1 aromatic heterocycles. The number of benzene rings is 3. The highest BCUT2D eigenvalue weighted by molar-refractivity contribution is 6.30. The van der Waals surface area contributed by atoms with Gasteiger partial charge in [0, 0.05) is 18.1 Å². The lowest BCUT2D eigenvalue weighted by molar-refractivity contribution is 0.187. The van der Waals surface area contributed by atoms with Crippen LogP contribution in [0.2, 0.25) is 5.02 Å². The van der Waals surface area contributed by atoms with E-state index >= 15 is 0 Å². The first kappa shape index (κ1) is 33.3. The molecule has 1 aliphatic rings. The number of ether oxygens (including phenoxy) is 1. The summed E-state index contributed by atoms with van der Waals surface area (Å²) >= 11 is 6.05. The molecule has 0 N–H and O–H groups in total. The van der Waals surface area contributed by atoms with Gasteiger partial charge in [0.1, 0.15) is 18.2 Å². The fourth-order valence-electron chi connectivity index (χ4n) is 5.40. The first-order valence-corrected chi connectivity index (χ1v) is 13.6. The summed E-state index contributed by atoms with van der Waals surface area (Å²) in [5, 5.41) is 0.711. The standard InChI is InChI=1S/C31H36ClN3O.3ClH/c1-24-9-8-12-29-31(24)33-30(23-36-28-15-13-27(32)14-16-28)35(29)20-17-26(21-25-10-4-2-5-11-25)22-34-18-6-3-7-19-34;;;/h2,4-5,8-16,26H,3,6-7,17-23H2,1H3;3*1H. The van der Waals surface area contributed by atoms with Gasteiger partial charge in [-0.3, -0.25) is 0 Å². The van der Waals surface area contributed by atoms with Crippen LogP contribution in [0.25, 0.3) is 11.0 Å². The van der Waals surface area contributed by atoms with Crippen molar-refractivity contribution in [3.8, 4) is 5.75 Å². The Balaban J connectivity index is 0.00000178. The lowest BCUT2D eigenvalue weighted by atomic mass is 9.94. The van der Waals surface area contributed by atoms with E-state index in [9.17, 15) is 0 Å². The molecule has 4 nitrogen and oxygen atoms in total. The molecule has 0 aliphatic carbocycles. The van der Waals surface area contributed by atoms with Crippen LogP contribution in [0.5, 0.6) is 5.75 Å². The van der Waals surface area contributed by atoms with Crippen molar-refractivity contribution in [3.05, 3.63) is 94.8 Å². The zero-order chi connectivity index (χ0) is 24.7. The van der Waals surface area contributed by atoms with Crippen molar-refractivity contribution >= 4 is 59.9 Å². The van der Waals surface area contributed by atoms with Gasteiger partial charge in [-0.15, -0.1) is 37.2 Å². The van der Waals surface area contributed by atoms with Crippen molar-refractivity contribution in [1.29, 1.82) is 0 Å². The van der Waals surface area contributed by atoms with Crippen LogP contribution in [0.3, 0.4) is 0 Å². The molecule has 0 spiro atoms. The second-order valence-corrected chi connectivity index (χ2v) is 10.5. The molecule has 1 aliphatic heterocycles. The van der Waals surface area contributed by atoms with E-state index in [0.717, 1.165) is 43.0 Å².